The zero-order chi connectivity index (χ0) is 28.8. The maximum Gasteiger partial charge on any atom is 0.148 e. The first-order valence-electron chi connectivity index (χ1n) is 14.1. The molecule has 5 atom stereocenters. The van der Waals surface area contributed by atoms with Gasteiger partial charge in [0.25, 0.3) is 0 Å². The van der Waals surface area contributed by atoms with E-state index >= 15 is 0 Å². The summed E-state index contributed by atoms with van der Waals surface area (Å²) in [5.41, 5.74) is 4.27. The molecule has 5 nitrogen and oxygen atoms in total. The number of hydrogen-bond acceptors (Lipinski definition) is 5. The zero-order valence-corrected chi connectivity index (χ0v) is 25.0. The number of ether oxygens (including phenoxy) is 5. The maximum atomic E-state index is 6.67. The van der Waals surface area contributed by atoms with Crippen LogP contribution in [0.15, 0.2) is 121 Å². The summed E-state index contributed by atoms with van der Waals surface area (Å²) >= 11 is 3.28. The molecule has 42 heavy (non-hydrogen) atoms. The number of rotatable bonds is 13. The Balaban J connectivity index is 1.41. The van der Waals surface area contributed by atoms with E-state index < -0.39 is 30.5 Å². The second-order valence-electron chi connectivity index (χ2n) is 10.1. The van der Waals surface area contributed by atoms with Gasteiger partial charge in [0.1, 0.15) is 30.5 Å². The number of hydrogen-bond donors (Lipinski definition) is 0. The van der Waals surface area contributed by atoms with Gasteiger partial charge in [-0.1, -0.05) is 127 Å². The molecule has 0 saturated carbocycles. The summed E-state index contributed by atoms with van der Waals surface area (Å²) in [6, 6.07) is 40.4. The molecule has 0 aromatic heterocycles. The second-order valence-corrected chi connectivity index (χ2v) is 10.5. The lowest BCUT2D eigenvalue weighted by Gasteiger charge is -2.44. The molecule has 216 valence electrons. The molecule has 0 bridgehead atoms. The van der Waals surface area contributed by atoms with Gasteiger partial charge in [-0.15, -0.1) is 0 Å². The van der Waals surface area contributed by atoms with Crippen LogP contribution in [-0.2, 0) is 50.1 Å². The highest BCUT2D eigenvalue weighted by Gasteiger charge is 2.48. The summed E-state index contributed by atoms with van der Waals surface area (Å²) in [4.78, 5) is 2.86. The standard InChI is InChI=1S/C36H35BrO5/c37-22-21-32-34(39-24-29-15-7-2-8-16-29)36(41-26-31-19-11-4-12-20-31)35(40-25-30-17-9-3-10-18-30)33(42-32)27-38-23-28-13-5-1-6-14-28/h1-20,32-36H,23-27H2/t32-,33+,34-,35+,36+/m0/s1. The van der Waals surface area contributed by atoms with Crippen LogP contribution >= 0.6 is 15.9 Å². The third-order valence-electron chi connectivity index (χ3n) is 7.08. The van der Waals surface area contributed by atoms with Gasteiger partial charge in [-0.2, -0.15) is 0 Å². The van der Waals surface area contributed by atoms with Crippen LogP contribution in [0.25, 0.3) is 0 Å². The minimum atomic E-state index is -0.559. The van der Waals surface area contributed by atoms with Crippen LogP contribution in [-0.4, -0.2) is 37.1 Å². The molecule has 0 N–H and O–H groups in total. The molecule has 1 heterocycles. The average molecular weight is 628 g/mol. The quantitative estimate of drug-likeness (QED) is 0.148. The van der Waals surface area contributed by atoms with Crippen LogP contribution in [0.5, 0.6) is 0 Å². The first-order valence-corrected chi connectivity index (χ1v) is 14.9. The Kier molecular flexibility index (Phi) is 11.8. The largest absolute Gasteiger partial charge is 0.374 e. The van der Waals surface area contributed by atoms with E-state index in [4.69, 9.17) is 23.7 Å². The topological polar surface area (TPSA) is 46.2 Å². The molecule has 1 saturated heterocycles. The molecule has 1 fully saturated rings. The van der Waals surface area contributed by atoms with Gasteiger partial charge in [-0.25, -0.2) is 0 Å². The normalized spacial score (nSPS) is 21.8. The van der Waals surface area contributed by atoms with Crippen molar-refractivity contribution in [3.05, 3.63) is 144 Å². The highest BCUT2D eigenvalue weighted by atomic mass is 79.9. The average Bonchev–Trinajstić information content (AvgIpc) is 3.05. The fraction of sp³-hybridized carbons (Fsp3) is 0.278. The Hall–Kier alpha value is -3.28. The van der Waals surface area contributed by atoms with Gasteiger partial charge in [0.05, 0.1) is 33.0 Å². The van der Waals surface area contributed by atoms with Gasteiger partial charge in [-0.3, -0.25) is 0 Å². The van der Waals surface area contributed by atoms with Crippen LogP contribution in [0.4, 0.5) is 0 Å². The fourth-order valence-corrected chi connectivity index (χ4v) is 5.18. The van der Waals surface area contributed by atoms with E-state index in [1.807, 2.05) is 109 Å². The molecule has 6 heteroatoms. The van der Waals surface area contributed by atoms with E-state index in [9.17, 15) is 0 Å². The van der Waals surface area contributed by atoms with Crippen molar-refractivity contribution in [2.45, 2.75) is 56.9 Å². The van der Waals surface area contributed by atoms with Crippen molar-refractivity contribution in [2.75, 3.05) is 6.61 Å². The molecule has 0 spiro atoms. The summed E-state index contributed by atoms with van der Waals surface area (Å²) < 4.78 is 32.6. The summed E-state index contributed by atoms with van der Waals surface area (Å²) in [6.07, 6.45) is -2.46. The third-order valence-corrected chi connectivity index (χ3v) is 7.31. The van der Waals surface area contributed by atoms with E-state index in [-0.39, 0.29) is 0 Å². The molecule has 0 unspecified atom stereocenters. The molecule has 4 aromatic rings. The molecular formula is C36H35BrO5. The Morgan fingerprint density at radius 2 is 0.929 bits per heavy atom. The maximum absolute atomic E-state index is 6.67. The molecule has 1 aliphatic heterocycles. The Morgan fingerprint density at radius 1 is 0.524 bits per heavy atom. The molecule has 0 amide bonds. The van der Waals surface area contributed by atoms with E-state index in [1.165, 1.54) is 0 Å². The summed E-state index contributed by atoms with van der Waals surface area (Å²) in [6.45, 7) is 1.96. The molecule has 0 radical (unpaired) electrons. The summed E-state index contributed by atoms with van der Waals surface area (Å²) in [5.74, 6) is 3.16. The summed E-state index contributed by atoms with van der Waals surface area (Å²) in [5, 5.41) is 0. The highest BCUT2D eigenvalue weighted by molar-refractivity contribution is 9.12. The van der Waals surface area contributed by atoms with Crippen molar-refractivity contribution in [1.29, 1.82) is 0 Å². The Labute approximate surface area is 256 Å². The minimum Gasteiger partial charge on any atom is -0.374 e. The first kappa shape index (κ1) is 30.2. The van der Waals surface area contributed by atoms with E-state index in [0.717, 1.165) is 22.3 Å². The lowest BCUT2D eigenvalue weighted by molar-refractivity contribution is -0.261. The molecular weight excluding hydrogens is 592 g/mol. The van der Waals surface area contributed by atoms with Crippen LogP contribution < -0.4 is 0 Å². The van der Waals surface area contributed by atoms with Crippen molar-refractivity contribution < 1.29 is 23.7 Å². The van der Waals surface area contributed by atoms with Crippen molar-refractivity contribution in [2.24, 2.45) is 0 Å². The SMILES string of the molecule is BrC#C[C@@H]1O[C@H](COCc2ccccc2)[C@@H](OCc2ccccc2)[C@H](OCc2ccccc2)[C@H]1OCc1ccccc1. The smallest absolute Gasteiger partial charge is 0.148 e. The van der Waals surface area contributed by atoms with Crippen LogP contribution in [0, 0.1) is 10.8 Å². The van der Waals surface area contributed by atoms with Crippen molar-refractivity contribution in [3.63, 3.8) is 0 Å². The molecule has 0 aliphatic carbocycles. The number of benzene rings is 4. The fourth-order valence-electron chi connectivity index (χ4n) is 4.96. The van der Waals surface area contributed by atoms with E-state index in [1.54, 1.807) is 0 Å². The molecule has 1 aliphatic rings. The number of halogens is 1. The Morgan fingerprint density at radius 3 is 1.38 bits per heavy atom. The van der Waals surface area contributed by atoms with Crippen molar-refractivity contribution >= 4 is 15.9 Å². The molecule has 4 aromatic carbocycles. The lowest BCUT2D eigenvalue weighted by atomic mass is 9.94. The van der Waals surface area contributed by atoms with E-state index in [0.29, 0.717) is 33.0 Å². The Bertz CT molecular complexity index is 1380. The van der Waals surface area contributed by atoms with Gasteiger partial charge in [-0.05, 0) is 27.1 Å². The van der Waals surface area contributed by atoms with Crippen LogP contribution in [0.2, 0.25) is 0 Å². The predicted octanol–water partition coefficient (Wildman–Crippen LogP) is 7.08. The van der Waals surface area contributed by atoms with Crippen LogP contribution in [0.1, 0.15) is 22.3 Å². The second kappa shape index (κ2) is 16.4. The highest BCUT2D eigenvalue weighted by Crippen LogP contribution is 2.31. The van der Waals surface area contributed by atoms with Crippen LogP contribution in [0.3, 0.4) is 0 Å². The lowest BCUT2D eigenvalue weighted by Crippen LogP contribution is -2.60. The zero-order valence-electron chi connectivity index (χ0n) is 23.4. The van der Waals surface area contributed by atoms with Gasteiger partial charge >= 0.3 is 0 Å². The minimum absolute atomic E-state index is 0.311. The van der Waals surface area contributed by atoms with Gasteiger partial charge in [0.2, 0.25) is 0 Å². The summed E-state index contributed by atoms with van der Waals surface area (Å²) in [7, 11) is 0. The van der Waals surface area contributed by atoms with E-state index in [2.05, 4.69) is 38.8 Å². The first-order chi connectivity index (χ1) is 20.8. The monoisotopic (exact) mass is 626 g/mol. The van der Waals surface area contributed by atoms with Crippen molar-refractivity contribution in [1.82, 2.24) is 0 Å². The van der Waals surface area contributed by atoms with Gasteiger partial charge < -0.3 is 23.7 Å². The predicted molar refractivity (Wildman–Crippen MR) is 167 cm³/mol. The van der Waals surface area contributed by atoms with Gasteiger partial charge in [0.15, 0.2) is 0 Å². The molecule has 5 rings (SSSR count). The van der Waals surface area contributed by atoms with Gasteiger partial charge in [0, 0.05) is 15.9 Å². The van der Waals surface area contributed by atoms with Crippen molar-refractivity contribution in [3.8, 4) is 10.8 Å². The third kappa shape index (κ3) is 8.86.